The predicted octanol–water partition coefficient (Wildman–Crippen LogP) is 5.85. The van der Waals surface area contributed by atoms with Gasteiger partial charge in [-0.3, -0.25) is 9.78 Å². The van der Waals surface area contributed by atoms with Crippen LogP contribution < -0.4 is 5.32 Å². The summed E-state index contributed by atoms with van der Waals surface area (Å²) in [7, 11) is 0. The summed E-state index contributed by atoms with van der Waals surface area (Å²) in [6, 6.07) is 4.27. The largest absolute Gasteiger partial charge is 0.353 e. The summed E-state index contributed by atoms with van der Waals surface area (Å²) < 4.78 is 0. The lowest BCUT2D eigenvalue weighted by Crippen LogP contribution is -2.49. The topological polar surface area (TPSA) is 80.7 Å². The van der Waals surface area contributed by atoms with Gasteiger partial charge >= 0.3 is 5.97 Å². The second kappa shape index (κ2) is 9.95. The Morgan fingerprint density at radius 2 is 2.03 bits per heavy atom. The molecule has 1 amide bonds. The minimum Gasteiger partial charge on any atom is -0.345 e. The number of nitrogens with zero attached hydrogens (tertiary/aromatic N) is 2. The summed E-state index contributed by atoms with van der Waals surface area (Å²) in [4.78, 5) is 33.1. The van der Waals surface area contributed by atoms with Crippen molar-refractivity contribution in [3.63, 3.8) is 0 Å². The van der Waals surface area contributed by atoms with Crippen molar-refractivity contribution in [2.45, 2.75) is 78.6 Å². The number of fused-ring (bicyclic) bond motifs is 5. The quantitative estimate of drug-likeness (QED) is 0.401. The molecule has 0 radical (unpaired) electrons. The Hall–Kier alpha value is -2.76. The highest BCUT2D eigenvalue weighted by molar-refractivity contribution is 5.97. The van der Waals surface area contributed by atoms with E-state index in [9.17, 15) is 9.59 Å². The number of oxime groups is 1. The molecule has 1 aromatic heterocycles. The zero-order valence-electron chi connectivity index (χ0n) is 21.9. The van der Waals surface area contributed by atoms with Crippen molar-refractivity contribution >= 4 is 23.2 Å². The lowest BCUT2D eigenvalue weighted by molar-refractivity contribution is -0.144. The first-order chi connectivity index (χ1) is 17.3. The molecule has 5 atom stereocenters. The summed E-state index contributed by atoms with van der Waals surface area (Å²) in [6.45, 7) is 6.76. The number of carbonyl (C=O) groups excluding carboxylic acids is 2. The van der Waals surface area contributed by atoms with Crippen molar-refractivity contribution in [2.24, 2.45) is 33.7 Å². The molecule has 0 spiro atoms. The number of allylic oxidation sites excluding steroid dienone is 4. The molecule has 36 heavy (non-hydrogen) atoms. The molecule has 2 saturated carbocycles. The van der Waals surface area contributed by atoms with E-state index in [1.165, 1.54) is 42.4 Å². The van der Waals surface area contributed by atoms with Gasteiger partial charge in [0.15, 0.2) is 0 Å². The smallest absolute Gasteiger partial charge is 0.345 e. The zero-order chi connectivity index (χ0) is 25.3. The number of rotatable bonds is 6. The van der Waals surface area contributed by atoms with Gasteiger partial charge < -0.3 is 10.2 Å². The Balaban J connectivity index is 1.26. The van der Waals surface area contributed by atoms with Gasteiger partial charge in [0.2, 0.25) is 5.91 Å². The normalized spacial score (nSPS) is 34.1. The van der Waals surface area contributed by atoms with Crippen LogP contribution in [0.2, 0.25) is 0 Å². The van der Waals surface area contributed by atoms with Gasteiger partial charge in [-0.2, -0.15) is 0 Å². The van der Waals surface area contributed by atoms with Crippen molar-refractivity contribution in [1.29, 1.82) is 0 Å². The monoisotopic (exact) mass is 489 g/mol. The van der Waals surface area contributed by atoms with Gasteiger partial charge in [-0.25, -0.2) is 4.79 Å². The van der Waals surface area contributed by atoms with E-state index >= 15 is 0 Å². The van der Waals surface area contributed by atoms with Crippen LogP contribution in [0.4, 0.5) is 0 Å². The first-order valence-electron chi connectivity index (χ1n) is 13.7. The fourth-order valence-electron chi connectivity index (χ4n) is 7.81. The van der Waals surface area contributed by atoms with Gasteiger partial charge in [-0.15, -0.1) is 0 Å². The van der Waals surface area contributed by atoms with E-state index in [1.807, 2.05) is 19.3 Å². The molecule has 0 bridgehead atoms. The summed E-state index contributed by atoms with van der Waals surface area (Å²) in [5, 5.41) is 6.75. The van der Waals surface area contributed by atoms with Gasteiger partial charge in [0.05, 0.1) is 5.71 Å². The number of pyridine rings is 1. The van der Waals surface area contributed by atoms with Crippen LogP contribution in [0.1, 0.15) is 84.1 Å². The van der Waals surface area contributed by atoms with Crippen molar-refractivity contribution in [3.8, 4) is 0 Å². The molecule has 0 aliphatic heterocycles. The molecular formula is C30H39N3O3. The molecule has 4 aliphatic carbocycles. The van der Waals surface area contributed by atoms with E-state index < -0.39 is 5.97 Å². The molecule has 0 saturated heterocycles. The molecule has 5 rings (SSSR count). The third kappa shape index (κ3) is 4.44. The number of nitrogens with one attached hydrogen (secondary N) is 1. The third-order valence-corrected chi connectivity index (χ3v) is 9.70. The minimum absolute atomic E-state index is 0.136. The van der Waals surface area contributed by atoms with Crippen molar-refractivity contribution in [2.75, 3.05) is 6.54 Å². The molecule has 6 nitrogen and oxygen atoms in total. The van der Waals surface area contributed by atoms with E-state index in [-0.39, 0.29) is 23.3 Å². The SMILES string of the molecule is CCCC(=O)NCC(=O)ON=C1C=C2CC[C@H]3[C@H](CC[C@]4(C)C(c5cccnc5)=CC[C@@H]34)[C@@]2(C)CC1. The van der Waals surface area contributed by atoms with Crippen LogP contribution in [0.25, 0.3) is 5.57 Å². The second-order valence-corrected chi connectivity index (χ2v) is 11.6. The number of carbonyl (C=O) groups is 2. The second-order valence-electron chi connectivity index (χ2n) is 11.6. The van der Waals surface area contributed by atoms with Gasteiger partial charge in [0.1, 0.15) is 6.54 Å². The van der Waals surface area contributed by atoms with Crippen LogP contribution in [0.15, 0.2) is 47.4 Å². The van der Waals surface area contributed by atoms with Crippen LogP contribution in [-0.4, -0.2) is 29.1 Å². The summed E-state index contributed by atoms with van der Waals surface area (Å²) in [6.07, 6.45) is 17.6. The highest BCUT2D eigenvalue weighted by atomic mass is 16.7. The maximum Gasteiger partial charge on any atom is 0.353 e. The highest BCUT2D eigenvalue weighted by Crippen LogP contribution is 2.66. The van der Waals surface area contributed by atoms with Crippen molar-refractivity contribution < 1.29 is 14.4 Å². The molecule has 0 unspecified atom stereocenters. The van der Waals surface area contributed by atoms with Crippen molar-refractivity contribution in [3.05, 3.63) is 47.8 Å². The fourth-order valence-corrected chi connectivity index (χ4v) is 7.81. The van der Waals surface area contributed by atoms with Gasteiger partial charge in [-0.05, 0) is 103 Å². The van der Waals surface area contributed by atoms with E-state index in [0.717, 1.165) is 37.3 Å². The first kappa shape index (κ1) is 24.9. The third-order valence-electron chi connectivity index (χ3n) is 9.70. The molecule has 1 heterocycles. The Morgan fingerprint density at radius 1 is 1.17 bits per heavy atom. The van der Waals surface area contributed by atoms with E-state index in [0.29, 0.717) is 18.3 Å². The Bertz CT molecular complexity index is 1110. The van der Waals surface area contributed by atoms with Crippen molar-refractivity contribution in [1.82, 2.24) is 10.3 Å². The average Bonchev–Trinajstić information content (AvgIpc) is 3.24. The number of hydrogen-bond donors (Lipinski definition) is 1. The molecule has 6 heteroatoms. The van der Waals surface area contributed by atoms with Crippen LogP contribution in [-0.2, 0) is 14.4 Å². The van der Waals surface area contributed by atoms with E-state index in [2.05, 4.69) is 53.6 Å². The van der Waals surface area contributed by atoms with Crippen LogP contribution in [0.5, 0.6) is 0 Å². The number of amides is 1. The maximum atomic E-state index is 12.0. The first-order valence-corrected chi connectivity index (χ1v) is 13.7. The molecule has 4 aliphatic rings. The summed E-state index contributed by atoms with van der Waals surface area (Å²) in [5.41, 5.74) is 5.56. The summed E-state index contributed by atoms with van der Waals surface area (Å²) >= 11 is 0. The average molecular weight is 490 g/mol. The zero-order valence-corrected chi connectivity index (χ0v) is 21.9. The number of hydrogen-bond acceptors (Lipinski definition) is 5. The van der Waals surface area contributed by atoms with Crippen LogP contribution in [0.3, 0.4) is 0 Å². The summed E-state index contributed by atoms with van der Waals surface area (Å²) in [5.74, 6) is 1.47. The maximum absolute atomic E-state index is 12.0. The predicted molar refractivity (Wildman–Crippen MR) is 141 cm³/mol. The van der Waals surface area contributed by atoms with Crippen LogP contribution in [0, 0.1) is 28.6 Å². The Labute approximate surface area is 214 Å². The minimum atomic E-state index is -0.521. The lowest BCUT2D eigenvalue weighted by Gasteiger charge is -2.58. The van der Waals surface area contributed by atoms with Gasteiger partial charge in [-0.1, -0.05) is 43.6 Å². The molecular weight excluding hydrogens is 450 g/mol. The lowest BCUT2D eigenvalue weighted by atomic mass is 9.46. The molecule has 1 N–H and O–H groups in total. The van der Waals surface area contributed by atoms with E-state index in [4.69, 9.17) is 4.84 Å². The van der Waals surface area contributed by atoms with Gasteiger partial charge in [0.25, 0.3) is 0 Å². The van der Waals surface area contributed by atoms with Gasteiger partial charge in [0, 0.05) is 18.8 Å². The van der Waals surface area contributed by atoms with Crippen LogP contribution >= 0.6 is 0 Å². The molecule has 0 aromatic carbocycles. The molecule has 192 valence electrons. The standard InChI is InChI=1S/C30H39N3O3/c1-4-6-27(34)32-19-28(35)36-33-22-12-14-29(2)21(17-22)8-9-23-25-11-10-24(20-7-5-16-31-18-20)30(25,3)15-13-26(23)29/h5,7,10,16-18,23,25-26H,4,6,8-9,11-15,19H2,1-3H3,(H,32,34)/t23-,25+,26+,29+,30-/m1/s1. The van der Waals surface area contributed by atoms with E-state index in [1.54, 1.807) is 0 Å². The molecule has 1 aromatic rings. The highest BCUT2D eigenvalue weighted by Gasteiger charge is 2.57. The fraction of sp³-hybridized carbons (Fsp3) is 0.600. The number of aromatic nitrogens is 1. The Kier molecular flexibility index (Phi) is 6.88. The Morgan fingerprint density at radius 3 is 2.81 bits per heavy atom. The molecule has 2 fully saturated rings.